The molecule has 0 saturated carbocycles. The van der Waals surface area contributed by atoms with E-state index in [0.717, 1.165) is 0 Å². The second-order valence-electron chi connectivity index (χ2n) is 2.55. The number of hydrogen-bond acceptors (Lipinski definition) is 6. The summed E-state index contributed by atoms with van der Waals surface area (Å²) in [4.78, 5) is 21.5. The van der Waals surface area contributed by atoms with Crippen molar-refractivity contribution < 1.29 is 5.11 Å². The lowest BCUT2D eigenvalue weighted by molar-refractivity contribution is 0.427. The fraction of sp³-hybridized carbons (Fsp3) is 0.143. The predicted molar refractivity (Wildman–Crippen MR) is 47.4 cm³/mol. The Balaban J connectivity index is 3.85. The van der Waals surface area contributed by atoms with Crippen LogP contribution in [0.3, 0.4) is 0 Å². The number of nitrogen functional groups attached to an aromatic ring is 1. The van der Waals surface area contributed by atoms with Crippen molar-refractivity contribution >= 4 is 5.69 Å². The zero-order valence-corrected chi connectivity index (χ0v) is 7.18. The molecule has 0 aromatic carbocycles. The summed E-state index contributed by atoms with van der Waals surface area (Å²) in [7, 11) is 0. The van der Waals surface area contributed by atoms with E-state index in [1.54, 1.807) is 6.07 Å². The molecule has 0 aliphatic carbocycles. The summed E-state index contributed by atoms with van der Waals surface area (Å²) in [5, 5.41) is 20.3. The van der Waals surface area contributed by atoms with Crippen LogP contribution in [0.5, 0.6) is 5.88 Å². The summed E-state index contributed by atoms with van der Waals surface area (Å²) in [6.07, 6.45) is 0. The molecule has 0 radical (unpaired) electrons. The van der Waals surface area contributed by atoms with Crippen LogP contribution in [0.25, 0.3) is 0 Å². The van der Waals surface area contributed by atoms with Crippen LogP contribution in [0.15, 0.2) is 9.97 Å². The van der Waals surface area contributed by atoms with E-state index in [-0.39, 0.29) is 11.1 Å². The van der Waals surface area contributed by atoms with Gasteiger partial charge in [0.05, 0.1) is 0 Å². The van der Waals surface area contributed by atoms with Crippen LogP contribution >= 0.6 is 0 Å². The van der Waals surface area contributed by atoms with Gasteiger partial charge >= 0.3 is 5.56 Å². The third kappa shape index (κ3) is 1.09. The van der Waals surface area contributed by atoms with Crippen molar-refractivity contribution in [2.24, 2.45) is 5.18 Å². The molecule has 72 valence electrons. The monoisotopic (exact) mass is 194 g/mol. The highest BCUT2D eigenvalue weighted by Crippen LogP contribution is 2.23. The number of aromatic nitrogens is 1. The summed E-state index contributed by atoms with van der Waals surface area (Å²) in [5.41, 5.74) is -1.62. The largest absolute Gasteiger partial charge is 0.492 e. The fourth-order valence-electron chi connectivity index (χ4n) is 1.02. The highest BCUT2D eigenvalue weighted by atomic mass is 16.3. The molecule has 0 fully saturated rings. The maximum atomic E-state index is 11.2. The number of nitrogens with two attached hydrogens (primary N) is 1. The Morgan fingerprint density at radius 1 is 1.64 bits per heavy atom. The Morgan fingerprint density at radius 3 is 2.64 bits per heavy atom. The van der Waals surface area contributed by atoms with Crippen molar-refractivity contribution in [3.05, 3.63) is 26.4 Å². The Kier molecular flexibility index (Phi) is 2.21. The molecule has 0 aliphatic heterocycles. The smallest absolute Gasteiger partial charge is 0.301 e. The first-order chi connectivity index (χ1) is 6.54. The van der Waals surface area contributed by atoms with Crippen molar-refractivity contribution in [2.75, 3.05) is 5.84 Å². The Hall–Kier alpha value is -2.36. The molecule has 1 rings (SSSR count). The molecule has 7 nitrogen and oxygen atoms in total. The second-order valence-corrected chi connectivity index (χ2v) is 2.55. The van der Waals surface area contributed by atoms with Gasteiger partial charge in [0, 0.05) is 5.56 Å². The van der Waals surface area contributed by atoms with Gasteiger partial charge in [-0.3, -0.25) is 4.79 Å². The van der Waals surface area contributed by atoms with Crippen LogP contribution in [-0.4, -0.2) is 9.78 Å². The summed E-state index contributed by atoms with van der Waals surface area (Å²) >= 11 is 0. The van der Waals surface area contributed by atoms with Crippen LogP contribution in [-0.2, 0) is 0 Å². The topological polar surface area (TPSA) is 121 Å². The molecule has 0 aliphatic rings. The van der Waals surface area contributed by atoms with E-state index in [2.05, 4.69) is 5.18 Å². The maximum absolute atomic E-state index is 11.2. The molecule has 0 spiro atoms. The van der Waals surface area contributed by atoms with Gasteiger partial charge < -0.3 is 10.9 Å². The van der Waals surface area contributed by atoms with E-state index in [1.807, 2.05) is 0 Å². The lowest BCUT2D eigenvalue weighted by atomic mass is 10.1. The van der Waals surface area contributed by atoms with E-state index in [1.165, 1.54) is 6.92 Å². The van der Waals surface area contributed by atoms with Gasteiger partial charge in [-0.05, 0) is 12.1 Å². The third-order valence-electron chi connectivity index (χ3n) is 1.81. The number of nitroso groups, excluding NO2 is 1. The molecule has 1 aromatic heterocycles. The van der Waals surface area contributed by atoms with Crippen molar-refractivity contribution in [3.8, 4) is 11.9 Å². The first-order valence-electron chi connectivity index (χ1n) is 3.51. The first kappa shape index (κ1) is 9.73. The van der Waals surface area contributed by atoms with Gasteiger partial charge in [-0.1, -0.05) is 0 Å². The van der Waals surface area contributed by atoms with E-state index in [4.69, 9.17) is 11.1 Å². The lowest BCUT2D eigenvalue weighted by Crippen LogP contribution is -2.28. The molecular formula is C7H6N4O3. The van der Waals surface area contributed by atoms with Crippen LogP contribution < -0.4 is 11.4 Å². The molecule has 1 aromatic rings. The average Bonchev–Trinajstić information content (AvgIpc) is 2.16. The highest BCUT2D eigenvalue weighted by molar-refractivity contribution is 5.56. The summed E-state index contributed by atoms with van der Waals surface area (Å²) in [6.45, 7) is 1.33. The molecule has 14 heavy (non-hydrogen) atoms. The third-order valence-corrected chi connectivity index (χ3v) is 1.81. The molecule has 7 heteroatoms. The molecular weight excluding hydrogens is 188 g/mol. The van der Waals surface area contributed by atoms with E-state index in [0.29, 0.717) is 4.68 Å². The number of pyridine rings is 1. The SMILES string of the molecule is Cc1c(C#N)c(O)n(N)c(=O)c1N=O. The summed E-state index contributed by atoms with van der Waals surface area (Å²) in [6, 6.07) is 1.62. The van der Waals surface area contributed by atoms with Crippen molar-refractivity contribution in [1.29, 1.82) is 5.26 Å². The van der Waals surface area contributed by atoms with Crippen molar-refractivity contribution in [1.82, 2.24) is 4.68 Å². The first-order valence-corrected chi connectivity index (χ1v) is 3.51. The number of aromatic hydroxyl groups is 1. The van der Waals surface area contributed by atoms with Gasteiger partial charge in [-0.25, -0.2) is 0 Å². The predicted octanol–water partition coefficient (Wildman–Crippen LogP) is -0.154. The Morgan fingerprint density at radius 2 is 2.21 bits per heavy atom. The Labute approximate surface area is 77.9 Å². The molecule has 0 saturated heterocycles. The normalized spacial score (nSPS) is 9.43. The van der Waals surface area contributed by atoms with Crippen LogP contribution in [0.2, 0.25) is 0 Å². The Bertz CT molecular complexity index is 497. The fourth-order valence-corrected chi connectivity index (χ4v) is 1.02. The molecule has 0 amide bonds. The minimum Gasteiger partial charge on any atom is -0.492 e. The zero-order valence-electron chi connectivity index (χ0n) is 7.18. The number of hydrogen-bond donors (Lipinski definition) is 2. The van der Waals surface area contributed by atoms with Gasteiger partial charge in [-0.2, -0.15) is 9.94 Å². The van der Waals surface area contributed by atoms with Gasteiger partial charge in [-0.15, -0.1) is 4.91 Å². The number of nitrogens with zero attached hydrogens (tertiary/aromatic N) is 3. The minimum atomic E-state index is -0.936. The molecule has 0 unspecified atom stereocenters. The summed E-state index contributed by atoms with van der Waals surface area (Å²) in [5.74, 6) is 4.43. The minimum absolute atomic E-state index is 0.0201. The second kappa shape index (κ2) is 3.18. The standard InChI is InChI=1S/C7H6N4O3/c1-3-4(2-8)6(12)11(9)7(13)5(3)10-14/h12H,9H2,1H3. The molecule has 3 N–H and O–H groups in total. The van der Waals surface area contributed by atoms with Gasteiger partial charge in [0.1, 0.15) is 11.6 Å². The van der Waals surface area contributed by atoms with Gasteiger partial charge in [0.15, 0.2) is 5.69 Å². The van der Waals surface area contributed by atoms with Crippen molar-refractivity contribution in [2.45, 2.75) is 6.92 Å². The quantitative estimate of drug-likeness (QED) is 0.475. The van der Waals surface area contributed by atoms with Crippen LogP contribution in [0, 0.1) is 23.2 Å². The number of nitriles is 1. The maximum Gasteiger partial charge on any atom is 0.301 e. The lowest BCUT2D eigenvalue weighted by Gasteiger charge is -2.06. The zero-order chi connectivity index (χ0) is 10.9. The highest BCUT2D eigenvalue weighted by Gasteiger charge is 2.17. The average molecular weight is 194 g/mol. The van der Waals surface area contributed by atoms with Gasteiger partial charge in [0.2, 0.25) is 5.88 Å². The summed E-state index contributed by atoms with van der Waals surface area (Å²) < 4.78 is 0.308. The number of rotatable bonds is 1. The molecule has 1 heterocycles. The van der Waals surface area contributed by atoms with Crippen LogP contribution in [0.1, 0.15) is 11.1 Å². The van der Waals surface area contributed by atoms with E-state index >= 15 is 0 Å². The van der Waals surface area contributed by atoms with E-state index in [9.17, 15) is 14.8 Å². The molecule has 0 bridgehead atoms. The van der Waals surface area contributed by atoms with E-state index < -0.39 is 17.1 Å². The molecule has 0 atom stereocenters. The van der Waals surface area contributed by atoms with Crippen molar-refractivity contribution in [3.63, 3.8) is 0 Å². The van der Waals surface area contributed by atoms with Gasteiger partial charge in [0.25, 0.3) is 0 Å². The van der Waals surface area contributed by atoms with Crippen LogP contribution in [0.4, 0.5) is 5.69 Å².